The number of nitrogens with one attached hydrogen (secondary N) is 1. The van der Waals surface area contributed by atoms with E-state index < -0.39 is 0 Å². The zero-order valence-electron chi connectivity index (χ0n) is 21.2. The van der Waals surface area contributed by atoms with E-state index in [1.807, 2.05) is 49.4 Å². The Morgan fingerprint density at radius 3 is 2.50 bits per heavy atom. The Bertz CT molecular complexity index is 1650. The third-order valence-corrected chi connectivity index (χ3v) is 7.97. The van der Waals surface area contributed by atoms with Crippen LogP contribution in [-0.4, -0.2) is 15.9 Å². The number of halogens is 1. The predicted molar refractivity (Wildman–Crippen MR) is 142 cm³/mol. The van der Waals surface area contributed by atoms with Gasteiger partial charge in [-0.3, -0.25) is 9.78 Å². The van der Waals surface area contributed by atoms with Crippen LogP contribution >= 0.6 is 0 Å². The van der Waals surface area contributed by atoms with Crippen molar-refractivity contribution in [1.82, 2.24) is 15.3 Å². The van der Waals surface area contributed by atoms with E-state index in [9.17, 15) is 9.18 Å². The number of amides is 1. The number of anilines is 1. The summed E-state index contributed by atoms with van der Waals surface area (Å²) in [6, 6.07) is 15.1. The Kier molecular flexibility index (Phi) is 5.13. The topological polar surface area (TPSA) is 90.1 Å². The van der Waals surface area contributed by atoms with Crippen molar-refractivity contribution in [3.8, 4) is 11.1 Å². The minimum atomic E-state index is -0.294. The molecular weight excluding hydrogens is 479 g/mol. The van der Waals surface area contributed by atoms with Gasteiger partial charge >= 0.3 is 0 Å². The van der Waals surface area contributed by atoms with Crippen molar-refractivity contribution in [3.63, 3.8) is 0 Å². The molecule has 4 aromatic rings. The molecular formula is C31H27FN4O2. The molecule has 1 fully saturated rings. The molecule has 0 radical (unpaired) electrons. The first-order valence-corrected chi connectivity index (χ1v) is 13.0. The molecule has 2 bridgehead atoms. The van der Waals surface area contributed by atoms with Crippen LogP contribution in [0.3, 0.4) is 0 Å². The van der Waals surface area contributed by atoms with Crippen molar-refractivity contribution in [2.75, 3.05) is 5.73 Å². The number of pyridine rings is 2. The first-order chi connectivity index (χ1) is 18.4. The maximum absolute atomic E-state index is 14.6. The summed E-state index contributed by atoms with van der Waals surface area (Å²) in [5, 5.41) is 3.09. The van der Waals surface area contributed by atoms with Gasteiger partial charge in [-0.2, -0.15) is 0 Å². The number of ether oxygens (including phenoxy) is 1. The molecule has 1 amide bonds. The first kappa shape index (κ1) is 23.0. The lowest BCUT2D eigenvalue weighted by Crippen LogP contribution is -2.24. The summed E-state index contributed by atoms with van der Waals surface area (Å²) in [5.41, 5.74) is 15.7. The second-order valence-electron chi connectivity index (χ2n) is 10.5. The smallest absolute Gasteiger partial charge is 0.251 e. The Labute approximate surface area is 220 Å². The summed E-state index contributed by atoms with van der Waals surface area (Å²) in [7, 11) is 0. The van der Waals surface area contributed by atoms with Crippen molar-refractivity contribution in [2.24, 2.45) is 0 Å². The van der Waals surface area contributed by atoms with E-state index in [2.05, 4.69) is 15.3 Å². The molecule has 6 nitrogen and oxygen atoms in total. The van der Waals surface area contributed by atoms with Crippen LogP contribution in [0.2, 0.25) is 0 Å². The average molecular weight is 507 g/mol. The molecule has 2 aromatic heterocycles. The summed E-state index contributed by atoms with van der Waals surface area (Å²) in [6.07, 6.45) is 3.40. The highest BCUT2D eigenvalue weighted by Gasteiger charge is 2.43. The number of hydrogen-bond acceptors (Lipinski definition) is 5. The third-order valence-electron chi connectivity index (χ3n) is 7.97. The van der Waals surface area contributed by atoms with Gasteiger partial charge in [0.25, 0.3) is 5.91 Å². The number of hydrogen-bond donors (Lipinski definition) is 2. The van der Waals surface area contributed by atoms with Crippen LogP contribution in [0.25, 0.3) is 11.1 Å². The highest BCUT2D eigenvalue weighted by molar-refractivity contribution is 5.94. The van der Waals surface area contributed by atoms with E-state index >= 15 is 0 Å². The number of rotatable bonds is 5. The van der Waals surface area contributed by atoms with Crippen LogP contribution in [0, 0.1) is 19.7 Å². The lowest BCUT2D eigenvalue weighted by Gasteiger charge is -2.18. The largest absolute Gasteiger partial charge is 0.384 e. The van der Waals surface area contributed by atoms with Crippen molar-refractivity contribution < 1.29 is 13.9 Å². The Morgan fingerprint density at radius 1 is 1.00 bits per heavy atom. The number of aromatic nitrogens is 2. The summed E-state index contributed by atoms with van der Waals surface area (Å²) in [5.74, 6) is 0.596. The Hall–Kier alpha value is -4.10. The van der Waals surface area contributed by atoms with Gasteiger partial charge in [0.2, 0.25) is 0 Å². The van der Waals surface area contributed by atoms with Crippen LogP contribution in [0.4, 0.5) is 10.2 Å². The fourth-order valence-corrected chi connectivity index (χ4v) is 5.90. The van der Waals surface area contributed by atoms with Crippen molar-refractivity contribution in [3.05, 3.63) is 111 Å². The number of nitrogens with zero attached hydrogens (tertiary/aromatic N) is 2. The van der Waals surface area contributed by atoms with Crippen LogP contribution in [0.5, 0.6) is 0 Å². The van der Waals surface area contributed by atoms with Gasteiger partial charge in [-0.15, -0.1) is 0 Å². The molecule has 4 heterocycles. The molecule has 0 saturated heterocycles. The monoisotopic (exact) mass is 506 g/mol. The molecule has 1 saturated carbocycles. The second-order valence-corrected chi connectivity index (χ2v) is 10.5. The second kappa shape index (κ2) is 8.46. The Balaban J connectivity index is 1.15. The van der Waals surface area contributed by atoms with Crippen LogP contribution in [-0.2, 0) is 11.3 Å². The fourth-order valence-electron chi connectivity index (χ4n) is 5.90. The van der Waals surface area contributed by atoms with E-state index in [0.29, 0.717) is 35.1 Å². The molecule has 0 spiro atoms. The molecule has 7 heteroatoms. The lowest BCUT2D eigenvalue weighted by atomic mass is 9.84. The highest BCUT2D eigenvalue weighted by atomic mass is 19.1. The number of nitrogens with two attached hydrogens (primary N) is 1. The zero-order valence-corrected chi connectivity index (χ0v) is 21.2. The number of carbonyl (C=O) groups is 1. The van der Waals surface area contributed by atoms with Crippen molar-refractivity contribution >= 4 is 11.7 Å². The highest BCUT2D eigenvalue weighted by Crippen LogP contribution is 2.55. The summed E-state index contributed by atoms with van der Waals surface area (Å²) in [6.45, 7) is 4.12. The standard InChI is InChI=1S/C31H27FN4O2/c1-15-9-27(32)26(14-34-15)18-5-7-20-23(10-18)30-24-11-19(6-8-21(24)29(20)38-30)31(37)35-13-25-16(2)36-28(33)12-22(25)17-3-4-17/h5-12,14,17,29-30H,3-4,13H2,1-2H3,(H2,33,36)(H,35,37)/t29-,30+/m0/s1. The number of aryl methyl sites for hydroxylation is 2. The molecule has 3 N–H and O–H groups in total. The minimum Gasteiger partial charge on any atom is -0.384 e. The van der Waals surface area contributed by atoms with Gasteiger partial charge in [0.05, 0.1) is 0 Å². The van der Waals surface area contributed by atoms with Crippen LogP contribution in [0.15, 0.2) is 54.7 Å². The van der Waals surface area contributed by atoms with Gasteiger partial charge < -0.3 is 15.8 Å². The van der Waals surface area contributed by atoms with E-state index in [1.54, 1.807) is 13.1 Å². The number of nitrogen functional groups attached to an aromatic ring is 1. The van der Waals surface area contributed by atoms with Gasteiger partial charge in [0, 0.05) is 35.3 Å². The van der Waals surface area contributed by atoms with Gasteiger partial charge in [-0.05, 0) is 102 Å². The summed E-state index contributed by atoms with van der Waals surface area (Å²) >= 11 is 0. The van der Waals surface area contributed by atoms with E-state index in [1.165, 1.54) is 11.6 Å². The average Bonchev–Trinajstić information content (AvgIpc) is 3.59. The molecule has 0 unspecified atom stereocenters. The number of benzene rings is 2. The Morgan fingerprint density at radius 2 is 1.74 bits per heavy atom. The van der Waals surface area contributed by atoms with E-state index in [-0.39, 0.29) is 23.9 Å². The lowest BCUT2D eigenvalue weighted by molar-refractivity contribution is 0.0857. The molecule has 2 aromatic carbocycles. The number of fused-ring (bicyclic) bond motifs is 8. The fraction of sp³-hybridized carbons (Fsp3) is 0.258. The summed E-state index contributed by atoms with van der Waals surface area (Å²) in [4.78, 5) is 21.9. The molecule has 2 aliphatic heterocycles. The molecule has 1 aliphatic carbocycles. The van der Waals surface area contributed by atoms with Gasteiger partial charge in [-0.1, -0.05) is 18.2 Å². The van der Waals surface area contributed by atoms with Gasteiger partial charge in [-0.25, -0.2) is 9.37 Å². The third kappa shape index (κ3) is 3.69. The van der Waals surface area contributed by atoms with Crippen LogP contribution < -0.4 is 11.1 Å². The first-order valence-electron chi connectivity index (χ1n) is 13.0. The van der Waals surface area contributed by atoms with Crippen molar-refractivity contribution in [2.45, 2.75) is 51.4 Å². The molecule has 190 valence electrons. The minimum absolute atomic E-state index is 0.143. The van der Waals surface area contributed by atoms with Crippen LogP contribution in [0.1, 0.15) is 86.1 Å². The maximum atomic E-state index is 14.6. The van der Waals surface area contributed by atoms with Crippen molar-refractivity contribution in [1.29, 1.82) is 0 Å². The summed E-state index contributed by atoms with van der Waals surface area (Å²) < 4.78 is 21.0. The zero-order chi connectivity index (χ0) is 26.1. The predicted octanol–water partition coefficient (Wildman–Crippen LogP) is 5.81. The van der Waals surface area contributed by atoms with E-state index in [4.69, 9.17) is 10.5 Å². The number of carbonyl (C=O) groups excluding carboxylic acids is 1. The maximum Gasteiger partial charge on any atom is 0.251 e. The SMILES string of the molecule is Cc1cc(F)c(-c2ccc3c(c2)[C@H]2O[C@@H]3c3ccc(C(=O)NCc4c(C5CC5)cc(N)nc4C)cc32)cn1. The molecule has 38 heavy (non-hydrogen) atoms. The quantitative estimate of drug-likeness (QED) is 0.356. The molecule has 3 aliphatic rings. The molecule has 7 rings (SSSR count). The normalized spacial score (nSPS) is 18.8. The molecule has 2 atom stereocenters. The van der Waals surface area contributed by atoms with Gasteiger partial charge in [0.1, 0.15) is 23.8 Å². The van der Waals surface area contributed by atoms with Gasteiger partial charge in [0.15, 0.2) is 0 Å². The van der Waals surface area contributed by atoms with E-state index in [0.717, 1.165) is 51.9 Å².